The Bertz CT molecular complexity index is 1150. The lowest BCUT2D eigenvalue weighted by Crippen LogP contribution is -2.40. The summed E-state index contributed by atoms with van der Waals surface area (Å²) in [5.41, 5.74) is 4.05. The molecule has 3 heterocycles. The lowest BCUT2D eigenvalue weighted by atomic mass is 10.0. The molecule has 1 saturated heterocycles. The molecule has 1 aromatic carbocycles. The Morgan fingerprint density at radius 2 is 1.90 bits per heavy atom. The van der Waals surface area contributed by atoms with E-state index in [1.165, 1.54) is 6.42 Å². The number of anilines is 1. The number of nitrogens with one attached hydrogen (secondary N) is 1. The molecule has 2 atom stereocenters. The molecule has 0 radical (unpaired) electrons. The van der Waals surface area contributed by atoms with E-state index in [4.69, 9.17) is 4.98 Å². The third-order valence-corrected chi connectivity index (χ3v) is 7.40. The van der Waals surface area contributed by atoms with Gasteiger partial charge in [-0.1, -0.05) is 6.07 Å². The van der Waals surface area contributed by atoms with Gasteiger partial charge < -0.3 is 9.45 Å². The minimum Gasteiger partial charge on any atom is -0.598 e. The van der Waals surface area contributed by atoms with Gasteiger partial charge in [0.05, 0.1) is 17.8 Å². The maximum absolute atomic E-state index is 12.8. The second-order valence-electron chi connectivity index (χ2n) is 9.36. The Balaban J connectivity index is 1.92. The summed E-state index contributed by atoms with van der Waals surface area (Å²) in [6, 6.07) is 6.20. The van der Waals surface area contributed by atoms with Gasteiger partial charge in [0.25, 0.3) is 0 Å². The van der Waals surface area contributed by atoms with Crippen molar-refractivity contribution in [1.29, 1.82) is 5.26 Å². The first-order chi connectivity index (χ1) is 14.7. The highest BCUT2D eigenvalue weighted by molar-refractivity contribution is 7.90. The minimum atomic E-state index is -1.20. The Morgan fingerprint density at radius 1 is 1.19 bits per heavy atom. The molecule has 31 heavy (non-hydrogen) atoms. The van der Waals surface area contributed by atoms with Crippen molar-refractivity contribution in [2.75, 3.05) is 18.0 Å². The number of aryl methyl sites for hydroxylation is 1. The zero-order valence-electron chi connectivity index (χ0n) is 18.9. The number of benzene rings is 1. The molecule has 0 amide bonds. The second-order valence-corrected chi connectivity index (χ2v) is 11.4. The molecule has 8 heteroatoms. The SMILES string of the molecule is Cc1cc([C@@H](C)N[S+]([O-])C(C)(C)C)c2nc(N3CCCCC3)n3cc(C#N)nc3c2c1. The van der Waals surface area contributed by atoms with E-state index < -0.39 is 11.4 Å². The molecule has 1 aliphatic heterocycles. The van der Waals surface area contributed by atoms with Crippen LogP contribution in [-0.2, 0) is 11.4 Å². The van der Waals surface area contributed by atoms with Crippen LogP contribution >= 0.6 is 0 Å². The molecule has 3 aromatic rings. The molecule has 2 aromatic heterocycles. The molecule has 0 spiro atoms. The summed E-state index contributed by atoms with van der Waals surface area (Å²) in [7, 11) is 0. The highest BCUT2D eigenvalue weighted by Crippen LogP contribution is 2.32. The van der Waals surface area contributed by atoms with Gasteiger partial charge in [-0.2, -0.15) is 5.26 Å². The highest BCUT2D eigenvalue weighted by Gasteiger charge is 2.30. The van der Waals surface area contributed by atoms with Crippen LogP contribution in [0.3, 0.4) is 0 Å². The fourth-order valence-electron chi connectivity index (χ4n) is 4.08. The molecule has 0 bridgehead atoms. The number of nitrogens with zero attached hydrogens (tertiary/aromatic N) is 5. The molecular formula is C23H30N6OS. The number of aromatic nitrogens is 3. The van der Waals surface area contributed by atoms with Gasteiger partial charge in [-0.3, -0.25) is 4.40 Å². The lowest BCUT2D eigenvalue weighted by molar-refractivity contribution is 0.531. The number of nitriles is 1. The van der Waals surface area contributed by atoms with E-state index >= 15 is 0 Å². The summed E-state index contributed by atoms with van der Waals surface area (Å²) in [5.74, 6) is 0.824. The van der Waals surface area contributed by atoms with E-state index in [2.05, 4.69) is 32.8 Å². The lowest BCUT2D eigenvalue weighted by Gasteiger charge is -2.29. The monoisotopic (exact) mass is 438 g/mol. The summed E-state index contributed by atoms with van der Waals surface area (Å²) in [6.07, 6.45) is 5.27. The largest absolute Gasteiger partial charge is 0.598 e. The van der Waals surface area contributed by atoms with E-state index in [-0.39, 0.29) is 10.8 Å². The molecule has 1 aliphatic rings. The topological polar surface area (TPSA) is 92.3 Å². The van der Waals surface area contributed by atoms with Crippen molar-refractivity contribution in [3.63, 3.8) is 0 Å². The average molecular weight is 439 g/mol. The fourth-order valence-corrected chi connectivity index (χ4v) is 4.88. The molecule has 1 N–H and O–H groups in total. The summed E-state index contributed by atoms with van der Waals surface area (Å²) in [4.78, 5) is 12.0. The zero-order chi connectivity index (χ0) is 22.3. The first-order valence-electron chi connectivity index (χ1n) is 10.9. The highest BCUT2D eigenvalue weighted by atomic mass is 32.2. The van der Waals surface area contributed by atoms with E-state index in [1.54, 1.807) is 6.20 Å². The summed E-state index contributed by atoms with van der Waals surface area (Å²) in [6.45, 7) is 11.8. The van der Waals surface area contributed by atoms with Gasteiger partial charge in [-0.25, -0.2) is 9.97 Å². The molecular weight excluding hydrogens is 408 g/mol. The van der Waals surface area contributed by atoms with Crippen molar-refractivity contribution >= 4 is 33.9 Å². The number of imidazole rings is 1. The third-order valence-electron chi connectivity index (χ3n) is 5.72. The summed E-state index contributed by atoms with van der Waals surface area (Å²) >= 11 is -1.20. The Morgan fingerprint density at radius 3 is 2.55 bits per heavy atom. The van der Waals surface area contributed by atoms with Crippen molar-refractivity contribution < 1.29 is 4.55 Å². The van der Waals surface area contributed by atoms with E-state index in [0.29, 0.717) is 5.69 Å². The van der Waals surface area contributed by atoms with Crippen LogP contribution in [0.2, 0.25) is 0 Å². The molecule has 4 rings (SSSR count). The van der Waals surface area contributed by atoms with Crippen LogP contribution in [0.4, 0.5) is 5.95 Å². The first kappa shape index (κ1) is 21.9. The van der Waals surface area contributed by atoms with E-state index in [9.17, 15) is 9.81 Å². The summed E-state index contributed by atoms with van der Waals surface area (Å²) in [5, 5.41) is 10.4. The Labute approximate surface area is 186 Å². The average Bonchev–Trinajstić information content (AvgIpc) is 3.17. The van der Waals surface area contributed by atoms with E-state index in [0.717, 1.165) is 59.6 Å². The van der Waals surface area contributed by atoms with Crippen LogP contribution in [0.15, 0.2) is 18.3 Å². The van der Waals surface area contributed by atoms with Crippen molar-refractivity contribution in [2.45, 2.75) is 64.7 Å². The Hall–Kier alpha value is -2.34. The van der Waals surface area contributed by atoms with Gasteiger partial charge in [0.15, 0.2) is 11.3 Å². The molecule has 164 valence electrons. The smallest absolute Gasteiger partial charge is 0.211 e. The number of piperidine rings is 1. The standard InChI is InChI=1S/C23H30N6OS/c1-15-11-18(16(2)27-31(30)23(3,4)5)20-19(12-15)21-25-17(13-24)14-29(21)22(26-20)28-9-7-6-8-10-28/h11-12,14,16,27H,6-10H2,1-5H3/t16-,31?/m1/s1. The van der Waals surface area contributed by atoms with Crippen molar-refractivity contribution in [2.24, 2.45) is 0 Å². The van der Waals surface area contributed by atoms with Crippen LogP contribution < -0.4 is 9.62 Å². The predicted molar refractivity (Wildman–Crippen MR) is 125 cm³/mol. The maximum atomic E-state index is 12.8. The molecule has 1 fully saturated rings. The minimum absolute atomic E-state index is 0.156. The zero-order valence-corrected chi connectivity index (χ0v) is 19.7. The fraction of sp³-hybridized carbons (Fsp3) is 0.522. The third kappa shape index (κ3) is 4.22. The van der Waals surface area contributed by atoms with Crippen LogP contribution in [-0.4, -0.2) is 36.8 Å². The van der Waals surface area contributed by atoms with Crippen molar-refractivity contribution in [1.82, 2.24) is 19.1 Å². The van der Waals surface area contributed by atoms with Gasteiger partial charge in [-0.05, 0) is 65.5 Å². The number of hydrogen-bond acceptors (Lipinski definition) is 6. The maximum Gasteiger partial charge on any atom is 0.211 e. The molecule has 0 saturated carbocycles. The van der Waals surface area contributed by atoms with Gasteiger partial charge in [0.1, 0.15) is 10.8 Å². The van der Waals surface area contributed by atoms with Crippen LogP contribution in [0.1, 0.15) is 69.8 Å². The van der Waals surface area contributed by atoms with Crippen LogP contribution in [0.25, 0.3) is 16.6 Å². The van der Waals surface area contributed by atoms with Crippen LogP contribution in [0.5, 0.6) is 0 Å². The number of hydrogen-bond donors (Lipinski definition) is 1. The first-order valence-corrected chi connectivity index (χ1v) is 12.0. The van der Waals surface area contributed by atoms with Gasteiger partial charge in [0.2, 0.25) is 5.95 Å². The summed E-state index contributed by atoms with van der Waals surface area (Å²) < 4.78 is 17.6. The molecule has 7 nitrogen and oxygen atoms in total. The van der Waals surface area contributed by atoms with Gasteiger partial charge in [0, 0.05) is 35.4 Å². The van der Waals surface area contributed by atoms with E-state index in [1.807, 2.05) is 39.0 Å². The number of rotatable bonds is 4. The number of fused-ring (bicyclic) bond motifs is 3. The quantitative estimate of drug-likeness (QED) is 0.615. The predicted octanol–water partition coefficient (Wildman–Crippen LogP) is 4.17. The van der Waals surface area contributed by atoms with Gasteiger partial charge in [-0.15, -0.1) is 4.72 Å². The van der Waals surface area contributed by atoms with Crippen LogP contribution in [0, 0.1) is 18.3 Å². The van der Waals surface area contributed by atoms with Crippen molar-refractivity contribution in [3.8, 4) is 6.07 Å². The second kappa shape index (κ2) is 8.30. The molecule has 0 aliphatic carbocycles. The molecule has 1 unspecified atom stereocenters. The Kier molecular flexibility index (Phi) is 5.86. The van der Waals surface area contributed by atoms with Gasteiger partial charge >= 0.3 is 0 Å². The normalized spacial score (nSPS) is 17.1. The van der Waals surface area contributed by atoms with Crippen molar-refractivity contribution in [3.05, 3.63) is 35.2 Å².